The highest BCUT2D eigenvalue weighted by Crippen LogP contribution is 2.41. The first-order valence-electron chi connectivity index (χ1n) is 19.0. The van der Waals surface area contributed by atoms with E-state index >= 15 is 0 Å². The lowest BCUT2D eigenvalue weighted by Gasteiger charge is -2.14. The van der Waals surface area contributed by atoms with Crippen LogP contribution in [0.3, 0.4) is 0 Å². The quantitative estimate of drug-likeness (QED) is 0.169. The van der Waals surface area contributed by atoms with Gasteiger partial charge in [0.05, 0.1) is 23.0 Å². The number of nitriles is 1. The minimum absolute atomic E-state index is 0.602. The number of aromatic nitrogens is 3. The lowest BCUT2D eigenvalue weighted by Crippen LogP contribution is -1.97. The summed E-state index contributed by atoms with van der Waals surface area (Å²) in [7, 11) is 0. The number of hydrogen-bond acceptors (Lipinski definition) is 6. The molecule has 4 aromatic heterocycles. The summed E-state index contributed by atoms with van der Waals surface area (Å²) in [5, 5.41) is 14.6. The third-order valence-electron chi connectivity index (χ3n) is 10.8. The summed E-state index contributed by atoms with van der Waals surface area (Å²) in [6.45, 7) is 0. The van der Waals surface area contributed by atoms with E-state index in [1.165, 1.54) is 40.3 Å². The maximum Gasteiger partial charge on any atom is 0.160 e. The van der Waals surface area contributed by atoms with Crippen LogP contribution in [0.15, 0.2) is 182 Å². The molecule has 58 heavy (non-hydrogen) atoms. The molecule has 0 amide bonds. The molecule has 0 saturated heterocycles. The zero-order chi connectivity index (χ0) is 38.6. The first-order chi connectivity index (χ1) is 28.6. The van der Waals surface area contributed by atoms with Crippen molar-refractivity contribution in [3.8, 4) is 73.4 Å². The Morgan fingerprint density at radius 1 is 0.379 bits per heavy atom. The smallest absolute Gasteiger partial charge is 0.160 e. The van der Waals surface area contributed by atoms with Gasteiger partial charge in [0.2, 0.25) is 0 Å². The van der Waals surface area contributed by atoms with Crippen LogP contribution in [-0.4, -0.2) is 15.0 Å². The number of hydrogen-bond donors (Lipinski definition) is 0. The zero-order valence-electron chi connectivity index (χ0n) is 30.9. The van der Waals surface area contributed by atoms with Gasteiger partial charge in [0.1, 0.15) is 0 Å². The molecule has 0 atom stereocenters. The van der Waals surface area contributed by atoms with Crippen molar-refractivity contribution in [2.45, 2.75) is 0 Å². The van der Waals surface area contributed by atoms with E-state index in [1.54, 1.807) is 6.20 Å². The van der Waals surface area contributed by atoms with Gasteiger partial charge in [-0.3, -0.25) is 4.98 Å². The van der Waals surface area contributed by atoms with Crippen molar-refractivity contribution in [2.75, 3.05) is 0 Å². The van der Waals surface area contributed by atoms with Gasteiger partial charge in [0.15, 0.2) is 5.82 Å². The van der Waals surface area contributed by atoms with Crippen LogP contribution in [0, 0.1) is 11.3 Å². The summed E-state index contributed by atoms with van der Waals surface area (Å²) < 4.78 is 5.11. The molecule has 6 heteroatoms. The fourth-order valence-electron chi connectivity index (χ4n) is 7.88. The Balaban J connectivity index is 1.14. The maximum atomic E-state index is 9.56. The third kappa shape index (κ3) is 6.11. The van der Waals surface area contributed by atoms with E-state index in [9.17, 15) is 5.26 Å². The van der Waals surface area contributed by atoms with Gasteiger partial charge in [-0.2, -0.15) is 5.26 Å². The molecule has 7 aromatic carbocycles. The van der Waals surface area contributed by atoms with Crippen molar-refractivity contribution in [1.82, 2.24) is 15.0 Å². The molecule has 0 N–H and O–H groups in total. The van der Waals surface area contributed by atoms with Crippen LogP contribution in [0.2, 0.25) is 0 Å². The normalized spacial score (nSPS) is 11.4. The summed E-state index contributed by atoms with van der Waals surface area (Å²) >= 11 is 3.66. The second-order valence-electron chi connectivity index (χ2n) is 14.4. The predicted molar refractivity (Wildman–Crippen MR) is 243 cm³/mol. The summed E-state index contributed by atoms with van der Waals surface area (Å²) in [4.78, 5) is 15.0. The average molecular weight is 775 g/mol. The topological polar surface area (TPSA) is 62.5 Å². The van der Waals surface area contributed by atoms with E-state index in [4.69, 9.17) is 9.97 Å². The Labute approximate surface area is 342 Å². The molecule has 11 aromatic rings. The highest BCUT2D eigenvalue weighted by molar-refractivity contribution is 7.26. The summed E-state index contributed by atoms with van der Waals surface area (Å²) in [5.41, 5.74) is 11.5. The second kappa shape index (κ2) is 14.0. The molecule has 0 aliphatic heterocycles. The number of benzene rings is 7. The molecule has 0 bridgehead atoms. The lowest BCUT2D eigenvalue weighted by molar-refractivity contribution is 1.18. The van der Waals surface area contributed by atoms with E-state index in [-0.39, 0.29) is 0 Å². The molecule has 270 valence electrons. The Morgan fingerprint density at radius 2 is 0.897 bits per heavy atom. The highest BCUT2D eigenvalue weighted by atomic mass is 32.1. The molecular weight excluding hydrogens is 745 g/mol. The summed E-state index contributed by atoms with van der Waals surface area (Å²) in [6.07, 6.45) is 3.67. The molecule has 0 unspecified atom stereocenters. The molecule has 4 heterocycles. The Hall–Kier alpha value is -7.30. The van der Waals surface area contributed by atoms with Crippen molar-refractivity contribution in [3.05, 3.63) is 188 Å². The van der Waals surface area contributed by atoms with Gasteiger partial charge in [-0.1, -0.05) is 84.9 Å². The number of rotatable bonds is 6. The SMILES string of the molecule is N#Cc1ccc(-c2cc(-c3cccc(-c4cccnc4)c3)nc(-c3cc(-c4ccc5sc6ccccc6c5c4)cc(-c4ccc5sc6ccccc6c5c4)c3)n2)cc1. The van der Waals surface area contributed by atoms with Crippen molar-refractivity contribution >= 4 is 63.0 Å². The summed E-state index contributed by atoms with van der Waals surface area (Å²) in [6, 6.07) is 62.0. The number of thiophene rings is 2. The summed E-state index contributed by atoms with van der Waals surface area (Å²) in [5.74, 6) is 0.621. The zero-order valence-corrected chi connectivity index (χ0v) is 32.6. The molecule has 0 spiro atoms. The molecule has 0 aliphatic rings. The van der Waals surface area contributed by atoms with E-state index < -0.39 is 0 Å². The second-order valence-corrected chi connectivity index (χ2v) is 16.6. The minimum Gasteiger partial charge on any atom is -0.264 e. The van der Waals surface area contributed by atoms with Crippen molar-refractivity contribution in [2.24, 2.45) is 0 Å². The standard InChI is InChI=1S/C52H30N4S2/c53-30-32-14-16-33(17-15-32)46-29-47(37-8-5-7-34(23-37)38-9-6-22-54-31-38)56-52(55-46)41-25-39(35-18-20-50-44(27-35)42-10-1-3-12-48(42)57-50)24-40(26-41)36-19-21-51-45(28-36)43-11-2-4-13-49(43)58-51/h1-29,31H. The highest BCUT2D eigenvalue weighted by Gasteiger charge is 2.16. The van der Waals surface area contributed by atoms with Crippen LogP contribution in [0.4, 0.5) is 0 Å². The van der Waals surface area contributed by atoms with Gasteiger partial charge in [-0.05, 0) is 113 Å². The molecule has 0 aliphatic carbocycles. The van der Waals surface area contributed by atoms with Crippen LogP contribution in [0.5, 0.6) is 0 Å². The van der Waals surface area contributed by atoms with Crippen molar-refractivity contribution in [1.29, 1.82) is 5.26 Å². The van der Waals surface area contributed by atoms with Crippen LogP contribution in [-0.2, 0) is 0 Å². The van der Waals surface area contributed by atoms with Gasteiger partial charge >= 0.3 is 0 Å². The predicted octanol–water partition coefficient (Wildman–Crippen LogP) is 14.5. The van der Waals surface area contributed by atoms with Gasteiger partial charge in [-0.15, -0.1) is 22.7 Å². The molecule has 0 saturated carbocycles. The lowest BCUT2D eigenvalue weighted by atomic mass is 9.94. The first kappa shape index (κ1) is 34.0. The molecule has 4 nitrogen and oxygen atoms in total. The van der Waals surface area contributed by atoms with Crippen LogP contribution in [0.25, 0.3) is 108 Å². The van der Waals surface area contributed by atoms with Gasteiger partial charge in [-0.25, -0.2) is 9.97 Å². The number of pyridine rings is 1. The van der Waals surface area contributed by atoms with Gasteiger partial charge in [0.25, 0.3) is 0 Å². The van der Waals surface area contributed by atoms with Crippen LogP contribution < -0.4 is 0 Å². The number of fused-ring (bicyclic) bond motifs is 6. The average Bonchev–Trinajstić information content (AvgIpc) is 3.87. The third-order valence-corrected chi connectivity index (χ3v) is 13.1. The van der Waals surface area contributed by atoms with Crippen LogP contribution >= 0.6 is 22.7 Å². The molecule has 11 rings (SSSR count). The Bertz CT molecular complexity index is 3280. The Morgan fingerprint density at radius 3 is 1.52 bits per heavy atom. The molecular formula is C52H30N4S2. The Kier molecular flexibility index (Phi) is 8.21. The minimum atomic E-state index is 0.602. The van der Waals surface area contributed by atoms with Crippen molar-refractivity contribution < 1.29 is 0 Å². The molecule has 0 fully saturated rings. The van der Waals surface area contributed by atoms with E-state index in [2.05, 4.69) is 145 Å². The fraction of sp³-hybridized carbons (Fsp3) is 0. The first-order valence-corrected chi connectivity index (χ1v) is 20.7. The largest absolute Gasteiger partial charge is 0.264 e. The monoisotopic (exact) mass is 774 g/mol. The fourth-order valence-corrected chi connectivity index (χ4v) is 10.1. The van der Waals surface area contributed by atoms with Crippen molar-refractivity contribution in [3.63, 3.8) is 0 Å². The van der Waals surface area contributed by atoms with E-state index in [1.807, 2.05) is 65.3 Å². The van der Waals surface area contributed by atoms with Crippen LogP contribution in [0.1, 0.15) is 5.56 Å². The number of nitrogens with zero attached hydrogens (tertiary/aromatic N) is 4. The van der Waals surface area contributed by atoms with E-state index in [0.29, 0.717) is 11.4 Å². The van der Waals surface area contributed by atoms with Gasteiger partial charge < -0.3 is 0 Å². The maximum absolute atomic E-state index is 9.56. The van der Waals surface area contributed by atoms with Gasteiger partial charge in [0, 0.05) is 75.0 Å². The molecule has 0 radical (unpaired) electrons. The van der Waals surface area contributed by atoms with E-state index in [0.717, 1.165) is 61.5 Å².